The summed E-state index contributed by atoms with van der Waals surface area (Å²) in [6, 6.07) is 0. The molecule has 1 saturated heterocycles. The Balaban J connectivity index is 3.18. The van der Waals surface area contributed by atoms with Crippen LogP contribution in [-0.4, -0.2) is 26.1 Å². The van der Waals surface area contributed by atoms with Gasteiger partial charge in [-0.2, -0.15) is 0 Å². The number of carbonyl (C=O) groups is 1. The smallest absolute Gasteiger partial charge is 0.321 e. The number of thiol groups is 1. The molecule has 1 unspecified atom stereocenters. The fraction of sp³-hybridized carbons (Fsp3) is 0.600. The Morgan fingerprint density at radius 3 is 2.31 bits per heavy atom. The average Bonchev–Trinajstić information content (AvgIpc) is 1.99. The molecule has 1 aliphatic rings. The summed E-state index contributed by atoms with van der Waals surface area (Å²) >= 11 is 8.25. The number of amides is 1. The predicted molar refractivity (Wildman–Crippen MR) is 55.5 cm³/mol. The Hall–Kier alpha value is -0.100. The van der Waals surface area contributed by atoms with Gasteiger partial charge >= 0.3 is 6.72 Å². The zero-order chi connectivity index (χ0) is 10.4. The number of carbonyl (C=O) groups excluding carboxylic acids is 1. The second-order valence-corrected chi connectivity index (χ2v) is 6.52. The van der Waals surface area contributed by atoms with Gasteiger partial charge in [-0.1, -0.05) is 12.2 Å². The second-order valence-electron chi connectivity index (χ2n) is 3.14. The van der Waals surface area contributed by atoms with Crippen LogP contribution in [0.25, 0.3) is 0 Å². The van der Waals surface area contributed by atoms with Crippen LogP contribution in [0.3, 0.4) is 0 Å². The van der Waals surface area contributed by atoms with Crippen molar-refractivity contribution in [1.29, 1.82) is 0 Å². The first kappa shape index (κ1) is 11.0. The van der Waals surface area contributed by atoms with Gasteiger partial charge in [0.2, 0.25) is 0 Å². The molecule has 8 heteroatoms. The Labute approximate surface area is 86.2 Å². The van der Waals surface area contributed by atoms with Gasteiger partial charge in [-0.3, -0.25) is 14.0 Å². The lowest BCUT2D eigenvalue weighted by Gasteiger charge is -2.30. The first-order valence-corrected chi connectivity index (χ1v) is 6.56. The van der Waals surface area contributed by atoms with Gasteiger partial charge in [0.1, 0.15) is 5.54 Å². The fourth-order valence-corrected chi connectivity index (χ4v) is 3.90. The van der Waals surface area contributed by atoms with Crippen LogP contribution in [0.4, 0.5) is 0 Å². The lowest BCUT2D eigenvalue weighted by molar-refractivity contribution is -0.124. The maximum atomic E-state index is 11.3. The molecule has 1 amide bonds. The lowest BCUT2D eigenvalue weighted by atomic mass is 10.1. The van der Waals surface area contributed by atoms with E-state index in [9.17, 15) is 14.3 Å². The molecule has 0 radical (unpaired) electrons. The van der Waals surface area contributed by atoms with Crippen LogP contribution in [0.5, 0.6) is 0 Å². The SMILES string of the molecule is CC1(C)C(=O)NC(=S)N1P(=O)(O)S. The van der Waals surface area contributed by atoms with Crippen LogP contribution >= 0.6 is 31.2 Å². The fourth-order valence-electron chi connectivity index (χ4n) is 1.10. The van der Waals surface area contributed by atoms with E-state index in [4.69, 9.17) is 12.2 Å². The first-order chi connectivity index (χ1) is 5.67. The number of hydrogen-bond acceptors (Lipinski definition) is 3. The standard InChI is InChI=1S/C5H9N2O3PS2/c1-5(2)3(8)6-4(12)7(5)11(9,10)13/h1-2H3,(H,6,8,12)(H2,9,10,13). The molecule has 0 aliphatic carbocycles. The maximum absolute atomic E-state index is 11.3. The Morgan fingerprint density at radius 2 is 2.15 bits per heavy atom. The van der Waals surface area contributed by atoms with Gasteiger partial charge in [0, 0.05) is 0 Å². The molecule has 1 heterocycles. The number of nitrogens with zero attached hydrogens (tertiary/aromatic N) is 1. The molecule has 0 spiro atoms. The predicted octanol–water partition coefficient (Wildman–Crippen LogP) is 0.512. The first-order valence-electron chi connectivity index (χ1n) is 3.39. The summed E-state index contributed by atoms with van der Waals surface area (Å²) in [6.45, 7) is -0.824. The zero-order valence-electron chi connectivity index (χ0n) is 7.01. The number of thiocarbonyl (C=S) groups is 1. The van der Waals surface area contributed by atoms with Crippen molar-refractivity contribution in [3.63, 3.8) is 0 Å². The highest BCUT2D eigenvalue weighted by Crippen LogP contribution is 2.55. The third-order valence-corrected chi connectivity index (χ3v) is 3.94. The average molecular weight is 240 g/mol. The molecule has 1 aliphatic heterocycles. The van der Waals surface area contributed by atoms with Crippen LogP contribution in [0.1, 0.15) is 13.8 Å². The van der Waals surface area contributed by atoms with Gasteiger partial charge in [-0.25, -0.2) is 0 Å². The van der Waals surface area contributed by atoms with E-state index >= 15 is 0 Å². The maximum Gasteiger partial charge on any atom is 0.350 e. The van der Waals surface area contributed by atoms with Crippen LogP contribution in [0.2, 0.25) is 0 Å². The molecule has 1 fully saturated rings. The Morgan fingerprint density at radius 1 is 1.69 bits per heavy atom. The van der Waals surface area contributed by atoms with Crippen molar-refractivity contribution in [2.45, 2.75) is 19.4 Å². The quantitative estimate of drug-likeness (QED) is 0.354. The van der Waals surface area contributed by atoms with Gasteiger partial charge in [-0.15, -0.1) is 0 Å². The largest absolute Gasteiger partial charge is 0.350 e. The lowest BCUT2D eigenvalue weighted by Crippen LogP contribution is -2.41. The van der Waals surface area contributed by atoms with E-state index in [2.05, 4.69) is 17.6 Å². The molecule has 74 valence electrons. The number of rotatable bonds is 1. The number of nitrogens with one attached hydrogen (secondary N) is 1. The monoisotopic (exact) mass is 240 g/mol. The van der Waals surface area contributed by atoms with E-state index in [0.717, 1.165) is 4.67 Å². The third-order valence-electron chi connectivity index (χ3n) is 1.76. The van der Waals surface area contributed by atoms with E-state index in [-0.39, 0.29) is 5.11 Å². The molecule has 0 aromatic heterocycles. The van der Waals surface area contributed by atoms with E-state index in [1.165, 1.54) is 13.8 Å². The normalized spacial score (nSPS) is 25.7. The van der Waals surface area contributed by atoms with Gasteiger partial charge in [0.25, 0.3) is 5.91 Å². The molecule has 13 heavy (non-hydrogen) atoms. The summed E-state index contributed by atoms with van der Waals surface area (Å²) in [5, 5.41) is 2.24. The summed E-state index contributed by atoms with van der Waals surface area (Å²) in [7, 11) is 0. The van der Waals surface area contributed by atoms with Crippen molar-refractivity contribution in [3.8, 4) is 0 Å². The Bertz CT molecular complexity index is 324. The van der Waals surface area contributed by atoms with Crippen molar-refractivity contribution in [1.82, 2.24) is 9.99 Å². The summed E-state index contributed by atoms with van der Waals surface area (Å²) in [5.74, 6) is -0.402. The van der Waals surface area contributed by atoms with Gasteiger partial charge in [0.05, 0.1) is 0 Å². The molecule has 0 aromatic rings. The van der Waals surface area contributed by atoms with Crippen LogP contribution in [0.15, 0.2) is 0 Å². The highest BCUT2D eigenvalue weighted by Gasteiger charge is 2.50. The molecular formula is C5H9N2O3PS2. The third kappa shape index (κ3) is 1.74. The molecule has 0 saturated carbocycles. The molecule has 2 N–H and O–H groups in total. The van der Waals surface area contributed by atoms with Gasteiger partial charge in [0.15, 0.2) is 5.11 Å². The molecule has 1 rings (SSSR count). The van der Waals surface area contributed by atoms with Crippen LogP contribution in [-0.2, 0) is 9.36 Å². The summed E-state index contributed by atoms with van der Waals surface area (Å²) in [6.07, 6.45) is 0. The summed E-state index contributed by atoms with van der Waals surface area (Å²) < 4.78 is 12.2. The molecule has 0 aromatic carbocycles. The highest BCUT2D eigenvalue weighted by atomic mass is 32.7. The molecule has 1 atom stereocenters. The molecule has 0 bridgehead atoms. The van der Waals surface area contributed by atoms with E-state index in [1.807, 2.05) is 0 Å². The van der Waals surface area contributed by atoms with Crippen molar-refractivity contribution < 1.29 is 14.3 Å². The topological polar surface area (TPSA) is 69.6 Å². The van der Waals surface area contributed by atoms with Crippen LogP contribution < -0.4 is 5.32 Å². The van der Waals surface area contributed by atoms with Crippen molar-refractivity contribution in [3.05, 3.63) is 0 Å². The van der Waals surface area contributed by atoms with E-state index in [0.29, 0.717) is 0 Å². The minimum atomic E-state index is -3.83. The minimum absolute atomic E-state index is 0.0594. The van der Waals surface area contributed by atoms with Crippen molar-refractivity contribution >= 4 is 42.2 Å². The van der Waals surface area contributed by atoms with E-state index < -0.39 is 18.2 Å². The van der Waals surface area contributed by atoms with Gasteiger partial charge < -0.3 is 10.2 Å². The number of hydrogen-bond donors (Lipinski definition) is 3. The summed E-state index contributed by atoms with van der Waals surface area (Å²) in [4.78, 5) is 20.5. The van der Waals surface area contributed by atoms with Gasteiger partial charge in [-0.05, 0) is 26.1 Å². The van der Waals surface area contributed by atoms with Crippen molar-refractivity contribution in [2.75, 3.05) is 0 Å². The Kier molecular flexibility index (Phi) is 2.49. The minimum Gasteiger partial charge on any atom is -0.321 e. The second kappa shape index (κ2) is 2.95. The zero-order valence-corrected chi connectivity index (χ0v) is 9.62. The summed E-state index contributed by atoms with van der Waals surface area (Å²) in [5.41, 5.74) is -1.12. The molecular weight excluding hydrogens is 231 g/mol. The molecule has 5 nitrogen and oxygen atoms in total. The van der Waals surface area contributed by atoms with Crippen LogP contribution in [0, 0.1) is 0 Å². The van der Waals surface area contributed by atoms with Crippen molar-refractivity contribution in [2.24, 2.45) is 0 Å². The highest BCUT2D eigenvalue weighted by molar-refractivity contribution is 8.45. The van der Waals surface area contributed by atoms with E-state index in [1.54, 1.807) is 0 Å².